The molecule has 3 nitrogen and oxygen atoms in total. The van der Waals surface area contributed by atoms with Crippen molar-refractivity contribution in [3.8, 4) is 0 Å². The fourth-order valence-corrected chi connectivity index (χ4v) is 1.99. The molecular weight excluding hydrogens is 246 g/mol. The van der Waals surface area contributed by atoms with Gasteiger partial charge in [0.15, 0.2) is 5.11 Å². The third kappa shape index (κ3) is 4.66. The van der Waals surface area contributed by atoms with Gasteiger partial charge in [0.05, 0.1) is 12.2 Å². The van der Waals surface area contributed by atoms with Crippen LogP contribution in [-0.4, -0.2) is 16.4 Å². The summed E-state index contributed by atoms with van der Waals surface area (Å²) in [6.07, 6.45) is 2.00. The quantitative estimate of drug-likeness (QED) is 0.635. The summed E-state index contributed by atoms with van der Waals surface area (Å²) in [5, 5.41) is 5.15. The monoisotopic (exact) mass is 255 g/mol. The van der Waals surface area contributed by atoms with Crippen LogP contribution in [0.1, 0.15) is 5.69 Å². The second-order valence-corrected chi connectivity index (χ2v) is 4.38. The van der Waals surface area contributed by atoms with Gasteiger partial charge in [0.25, 0.3) is 0 Å². The zero-order chi connectivity index (χ0) is 8.97. The van der Waals surface area contributed by atoms with E-state index in [0.717, 1.165) is 10.0 Å². The number of hydrogen-bond donors (Lipinski definition) is 2. The first-order valence-corrected chi connectivity index (χ1v) is 5.75. The maximum Gasteiger partial charge on any atom is 0.163 e. The number of nitrogens with zero attached hydrogens (tertiary/aromatic N) is 1. The smallest absolute Gasteiger partial charge is 0.163 e. The lowest BCUT2D eigenvalue weighted by molar-refractivity contribution is 0.876. The van der Waals surface area contributed by atoms with Crippen LogP contribution >= 0.6 is 47.7 Å². The van der Waals surface area contributed by atoms with E-state index in [0.29, 0.717) is 11.7 Å². The number of halogens is 1. The van der Waals surface area contributed by atoms with Crippen LogP contribution in [0.5, 0.6) is 0 Å². The summed E-state index contributed by atoms with van der Waals surface area (Å²) >= 11 is 7.94. The van der Waals surface area contributed by atoms with Gasteiger partial charge in [-0.15, -0.1) is 23.7 Å². The lowest BCUT2D eigenvalue weighted by atomic mass is 10.5. The summed E-state index contributed by atoms with van der Waals surface area (Å²) in [6, 6.07) is 0. The summed E-state index contributed by atoms with van der Waals surface area (Å²) in [5.41, 5.74) is 6.25. The third-order valence-corrected chi connectivity index (χ3v) is 3.21. The van der Waals surface area contributed by atoms with Crippen LogP contribution < -0.4 is 11.1 Å². The highest BCUT2D eigenvalue weighted by atomic mass is 35.5. The van der Waals surface area contributed by atoms with Crippen molar-refractivity contribution in [3.05, 3.63) is 11.1 Å². The predicted molar refractivity (Wildman–Crippen MR) is 64.8 cm³/mol. The fraction of sp³-hybridized carbons (Fsp3) is 0.333. The van der Waals surface area contributed by atoms with Crippen LogP contribution in [0.25, 0.3) is 0 Å². The Labute approximate surface area is 96.9 Å². The van der Waals surface area contributed by atoms with Gasteiger partial charge in [-0.1, -0.05) is 11.8 Å². The SMILES string of the molecule is CSc1nc(CNC(N)=S)cs1.Cl. The number of aromatic nitrogens is 1. The molecule has 0 aliphatic rings. The van der Waals surface area contributed by atoms with Gasteiger partial charge in [0.1, 0.15) is 4.34 Å². The Morgan fingerprint density at radius 3 is 3.00 bits per heavy atom. The molecule has 74 valence electrons. The van der Waals surface area contributed by atoms with E-state index in [-0.39, 0.29) is 12.4 Å². The Morgan fingerprint density at radius 2 is 2.54 bits per heavy atom. The molecule has 0 amide bonds. The van der Waals surface area contributed by atoms with Gasteiger partial charge in [0, 0.05) is 5.38 Å². The molecule has 0 saturated heterocycles. The van der Waals surface area contributed by atoms with E-state index >= 15 is 0 Å². The molecule has 1 heterocycles. The largest absolute Gasteiger partial charge is 0.376 e. The van der Waals surface area contributed by atoms with Gasteiger partial charge in [-0.05, 0) is 18.5 Å². The molecule has 0 radical (unpaired) electrons. The predicted octanol–water partition coefficient (Wildman–Crippen LogP) is 1.62. The molecular formula is C6H10ClN3S3. The molecule has 0 fully saturated rings. The third-order valence-electron chi connectivity index (χ3n) is 1.15. The molecule has 0 aliphatic carbocycles. The molecule has 1 rings (SSSR count). The highest BCUT2D eigenvalue weighted by molar-refractivity contribution is 8.00. The molecule has 0 spiro atoms. The molecule has 3 N–H and O–H groups in total. The standard InChI is InChI=1S/C6H9N3S3.ClH/c1-11-6-9-4(3-12-6)2-8-5(7)10;/h3H,2H2,1H3,(H3,7,8,10);1H. The minimum Gasteiger partial charge on any atom is -0.376 e. The van der Waals surface area contributed by atoms with Gasteiger partial charge in [-0.25, -0.2) is 4.98 Å². The average molecular weight is 256 g/mol. The number of thioether (sulfide) groups is 1. The Balaban J connectivity index is 0.00000144. The number of hydrogen-bond acceptors (Lipinski definition) is 4. The van der Waals surface area contributed by atoms with E-state index in [4.69, 9.17) is 5.73 Å². The fourth-order valence-electron chi connectivity index (χ4n) is 0.641. The van der Waals surface area contributed by atoms with E-state index in [2.05, 4.69) is 22.5 Å². The van der Waals surface area contributed by atoms with Gasteiger partial charge in [-0.3, -0.25) is 0 Å². The molecule has 7 heteroatoms. The topological polar surface area (TPSA) is 50.9 Å². The first kappa shape index (κ1) is 13.0. The van der Waals surface area contributed by atoms with Crippen LogP contribution in [0, 0.1) is 0 Å². The molecule has 0 unspecified atom stereocenters. The summed E-state index contributed by atoms with van der Waals surface area (Å²) in [4.78, 5) is 4.30. The summed E-state index contributed by atoms with van der Waals surface area (Å²) in [5.74, 6) is 0. The van der Waals surface area contributed by atoms with Crippen molar-refractivity contribution in [1.82, 2.24) is 10.3 Å². The molecule has 0 bridgehead atoms. The number of nitrogens with two attached hydrogens (primary N) is 1. The summed E-state index contributed by atoms with van der Waals surface area (Å²) in [6.45, 7) is 0.617. The summed E-state index contributed by atoms with van der Waals surface area (Å²) < 4.78 is 1.06. The Bertz CT molecular complexity index is 276. The Morgan fingerprint density at radius 1 is 1.85 bits per heavy atom. The van der Waals surface area contributed by atoms with Gasteiger partial charge >= 0.3 is 0 Å². The van der Waals surface area contributed by atoms with Crippen molar-refractivity contribution < 1.29 is 0 Å². The van der Waals surface area contributed by atoms with Crippen molar-refractivity contribution in [3.63, 3.8) is 0 Å². The van der Waals surface area contributed by atoms with Crippen LogP contribution in [0.4, 0.5) is 0 Å². The second-order valence-electron chi connectivity index (χ2n) is 2.03. The molecule has 13 heavy (non-hydrogen) atoms. The molecule has 0 aromatic carbocycles. The number of rotatable bonds is 3. The molecule has 1 aromatic rings. The van der Waals surface area contributed by atoms with E-state index in [1.54, 1.807) is 23.1 Å². The minimum absolute atomic E-state index is 0. The van der Waals surface area contributed by atoms with Crippen LogP contribution in [0.2, 0.25) is 0 Å². The highest BCUT2D eigenvalue weighted by Crippen LogP contribution is 2.19. The normalized spacial score (nSPS) is 9.00. The van der Waals surface area contributed by atoms with Gasteiger partial charge < -0.3 is 11.1 Å². The number of thiazole rings is 1. The van der Waals surface area contributed by atoms with Crippen LogP contribution in [-0.2, 0) is 6.54 Å². The van der Waals surface area contributed by atoms with E-state index in [9.17, 15) is 0 Å². The number of thiocarbonyl (C=S) groups is 1. The molecule has 0 atom stereocenters. The van der Waals surface area contributed by atoms with E-state index in [1.807, 2.05) is 11.6 Å². The Kier molecular flexibility index (Phi) is 6.40. The lowest BCUT2D eigenvalue weighted by Gasteiger charge is -1.98. The lowest BCUT2D eigenvalue weighted by Crippen LogP contribution is -2.28. The average Bonchev–Trinajstić information content (AvgIpc) is 2.48. The minimum atomic E-state index is 0. The highest BCUT2D eigenvalue weighted by Gasteiger charge is 1.99. The van der Waals surface area contributed by atoms with Gasteiger partial charge in [0.2, 0.25) is 0 Å². The molecule has 1 aromatic heterocycles. The zero-order valence-electron chi connectivity index (χ0n) is 6.94. The van der Waals surface area contributed by atoms with Crippen molar-refractivity contribution in [1.29, 1.82) is 0 Å². The van der Waals surface area contributed by atoms with Crippen molar-refractivity contribution >= 4 is 52.8 Å². The maximum absolute atomic E-state index is 5.27. The molecule has 0 aliphatic heterocycles. The molecule has 0 saturated carbocycles. The first-order chi connectivity index (χ1) is 5.72. The van der Waals surface area contributed by atoms with Crippen molar-refractivity contribution in [2.75, 3.05) is 6.26 Å². The van der Waals surface area contributed by atoms with Crippen LogP contribution in [0.15, 0.2) is 9.72 Å². The van der Waals surface area contributed by atoms with Crippen molar-refractivity contribution in [2.24, 2.45) is 5.73 Å². The Hall–Kier alpha value is -0.0400. The van der Waals surface area contributed by atoms with E-state index < -0.39 is 0 Å². The first-order valence-electron chi connectivity index (χ1n) is 3.24. The van der Waals surface area contributed by atoms with Gasteiger partial charge in [-0.2, -0.15) is 0 Å². The van der Waals surface area contributed by atoms with Crippen LogP contribution in [0.3, 0.4) is 0 Å². The summed E-state index contributed by atoms with van der Waals surface area (Å²) in [7, 11) is 0. The second kappa shape index (κ2) is 6.42. The number of nitrogens with one attached hydrogen (secondary N) is 1. The van der Waals surface area contributed by atoms with E-state index in [1.165, 1.54) is 0 Å². The zero-order valence-corrected chi connectivity index (χ0v) is 10.2. The van der Waals surface area contributed by atoms with Crippen molar-refractivity contribution in [2.45, 2.75) is 10.9 Å². The maximum atomic E-state index is 5.27.